The molecule has 2 aromatic carbocycles. The van der Waals surface area contributed by atoms with E-state index >= 15 is 0 Å². The molecule has 190 valence electrons. The summed E-state index contributed by atoms with van der Waals surface area (Å²) in [6, 6.07) is 17.6. The first-order valence-electron chi connectivity index (χ1n) is 13.3. The Morgan fingerprint density at radius 2 is 1.51 bits per heavy atom. The van der Waals surface area contributed by atoms with Crippen LogP contribution in [0.1, 0.15) is 89.7 Å². The number of benzene rings is 2. The van der Waals surface area contributed by atoms with Crippen molar-refractivity contribution < 1.29 is 14.3 Å². The molecule has 0 aliphatic rings. The van der Waals surface area contributed by atoms with E-state index in [2.05, 4.69) is 18.8 Å². The van der Waals surface area contributed by atoms with Gasteiger partial charge in [0, 0.05) is 18.2 Å². The molecule has 0 spiro atoms. The third-order valence-electron chi connectivity index (χ3n) is 6.10. The zero-order valence-electron chi connectivity index (χ0n) is 21.8. The van der Waals surface area contributed by atoms with Crippen LogP contribution in [0.2, 0.25) is 0 Å². The normalized spacial score (nSPS) is 13.2. The quantitative estimate of drug-likeness (QED) is 0.0997. The van der Waals surface area contributed by atoms with Gasteiger partial charge in [-0.3, -0.25) is 0 Å². The number of aliphatic imine (C=N–C) groups is 1. The van der Waals surface area contributed by atoms with Gasteiger partial charge in [0.1, 0.15) is 5.75 Å². The lowest BCUT2D eigenvalue weighted by atomic mass is 10.1. The SMILES string of the molecule is CCCCCCCCCCOc1ccc(/C=N/C(OC(=O)/C=C/c2ccccc2)C(C)CC)cc1. The summed E-state index contributed by atoms with van der Waals surface area (Å²) in [5.74, 6) is 0.608. The van der Waals surface area contributed by atoms with Crippen LogP contribution in [-0.4, -0.2) is 25.0 Å². The first-order chi connectivity index (χ1) is 17.1. The molecule has 0 heterocycles. The van der Waals surface area contributed by atoms with Gasteiger partial charge in [-0.05, 0) is 54.3 Å². The molecular formula is C31H43NO3. The van der Waals surface area contributed by atoms with Crippen LogP contribution in [0.5, 0.6) is 5.75 Å². The smallest absolute Gasteiger partial charge is 0.332 e. The third-order valence-corrected chi connectivity index (χ3v) is 6.10. The molecule has 0 aromatic heterocycles. The topological polar surface area (TPSA) is 47.9 Å². The molecule has 0 amide bonds. The monoisotopic (exact) mass is 477 g/mol. The fourth-order valence-corrected chi connectivity index (χ4v) is 3.62. The molecule has 0 saturated heterocycles. The average molecular weight is 478 g/mol. The van der Waals surface area contributed by atoms with Crippen molar-refractivity contribution in [1.29, 1.82) is 0 Å². The molecule has 0 aliphatic carbocycles. The molecule has 0 bridgehead atoms. The Balaban J connectivity index is 1.77. The number of unbranched alkanes of at least 4 members (excludes halogenated alkanes) is 7. The number of carbonyl (C=O) groups is 1. The molecule has 2 rings (SSSR count). The van der Waals surface area contributed by atoms with Gasteiger partial charge in [-0.15, -0.1) is 0 Å². The summed E-state index contributed by atoms with van der Waals surface area (Å²) in [6.07, 6.45) is 15.7. The number of esters is 1. The Kier molecular flexibility index (Phi) is 14.2. The standard InChI is InChI=1S/C31H43NO3/c1-4-6-7-8-9-10-11-15-24-34-29-21-18-28(19-22-29)25-32-31(26(3)5-2)35-30(33)23-20-27-16-13-12-14-17-27/h12-14,16-23,25-26,31H,4-11,15,24H2,1-3H3/b23-20+,32-25+. The molecule has 2 atom stereocenters. The van der Waals surface area contributed by atoms with Crippen molar-refractivity contribution in [2.24, 2.45) is 10.9 Å². The van der Waals surface area contributed by atoms with Gasteiger partial charge in [0.05, 0.1) is 6.61 Å². The minimum absolute atomic E-state index is 0.120. The second-order valence-electron chi connectivity index (χ2n) is 9.13. The zero-order chi connectivity index (χ0) is 25.1. The molecular weight excluding hydrogens is 434 g/mol. The Hall–Kier alpha value is -2.88. The fourth-order valence-electron chi connectivity index (χ4n) is 3.62. The average Bonchev–Trinajstić information content (AvgIpc) is 2.89. The maximum atomic E-state index is 12.3. The van der Waals surface area contributed by atoms with Crippen LogP contribution in [0.4, 0.5) is 0 Å². The third kappa shape index (κ3) is 12.4. The molecule has 4 heteroatoms. The lowest BCUT2D eigenvalue weighted by molar-refractivity contribution is -0.144. The van der Waals surface area contributed by atoms with Gasteiger partial charge >= 0.3 is 5.97 Å². The Bertz CT molecular complexity index is 874. The number of carbonyl (C=O) groups excluding carboxylic acids is 1. The minimum atomic E-state index is -0.522. The molecule has 0 saturated carbocycles. The van der Waals surface area contributed by atoms with Crippen LogP contribution in [0, 0.1) is 5.92 Å². The lowest BCUT2D eigenvalue weighted by Gasteiger charge is -2.18. The molecule has 2 aromatic rings. The number of hydrogen-bond donors (Lipinski definition) is 0. The summed E-state index contributed by atoms with van der Waals surface area (Å²) in [7, 11) is 0. The van der Waals surface area contributed by atoms with E-state index in [0.717, 1.165) is 36.3 Å². The predicted octanol–water partition coefficient (Wildman–Crippen LogP) is 8.25. The number of hydrogen-bond acceptors (Lipinski definition) is 4. The number of rotatable bonds is 17. The summed E-state index contributed by atoms with van der Waals surface area (Å²) >= 11 is 0. The van der Waals surface area contributed by atoms with Crippen molar-refractivity contribution in [3.63, 3.8) is 0 Å². The highest BCUT2D eigenvalue weighted by Crippen LogP contribution is 2.16. The van der Waals surface area contributed by atoms with Crippen molar-refractivity contribution in [3.8, 4) is 5.75 Å². The molecule has 4 nitrogen and oxygen atoms in total. The highest BCUT2D eigenvalue weighted by molar-refractivity contribution is 5.87. The van der Waals surface area contributed by atoms with E-state index in [1.807, 2.05) is 61.5 Å². The van der Waals surface area contributed by atoms with Crippen molar-refractivity contribution >= 4 is 18.3 Å². The van der Waals surface area contributed by atoms with Crippen LogP contribution in [0.3, 0.4) is 0 Å². The second kappa shape index (κ2) is 17.5. The Morgan fingerprint density at radius 3 is 2.17 bits per heavy atom. The van der Waals surface area contributed by atoms with E-state index in [4.69, 9.17) is 9.47 Å². The minimum Gasteiger partial charge on any atom is -0.494 e. The highest BCUT2D eigenvalue weighted by atomic mass is 16.6. The maximum absolute atomic E-state index is 12.3. The largest absolute Gasteiger partial charge is 0.494 e. The lowest BCUT2D eigenvalue weighted by Crippen LogP contribution is -2.22. The molecule has 0 aliphatic heterocycles. The maximum Gasteiger partial charge on any atom is 0.332 e. The first kappa shape index (κ1) is 28.4. The summed E-state index contributed by atoms with van der Waals surface area (Å²) in [4.78, 5) is 16.9. The van der Waals surface area contributed by atoms with Gasteiger partial charge in [0.25, 0.3) is 0 Å². The van der Waals surface area contributed by atoms with Crippen molar-refractivity contribution in [1.82, 2.24) is 0 Å². The van der Waals surface area contributed by atoms with Crippen LogP contribution in [0.25, 0.3) is 6.08 Å². The van der Waals surface area contributed by atoms with Crippen molar-refractivity contribution in [2.45, 2.75) is 84.8 Å². The zero-order valence-corrected chi connectivity index (χ0v) is 21.8. The van der Waals surface area contributed by atoms with E-state index < -0.39 is 6.23 Å². The predicted molar refractivity (Wildman–Crippen MR) is 147 cm³/mol. The van der Waals surface area contributed by atoms with Gasteiger partial charge in [-0.2, -0.15) is 0 Å². The van der Waals surface area contributed by atoms with Gasteiger partial charge in [0.15, 0.2) is 6.23 Å². The summed E-state index contributed by atoms with van der Waals surface area (Å²) in [5.41, 5.74) is 1.91. The van der Waals surface area contributed by atoms with Crippen molar-refractivity contribution in [2.75, 3.05) is 6.61 Å². The molecule has 35 heavy (non-hydrogen) atoms. The van der Waals surface area contributed by atoms with E-state index in [0.29, 0.717) is 0 Å². The van der Waals surface area contributed by atoms with Gasteiger partial charge < -0.3 is 9.47 Å². The van der Waals surface area contributed by atoms with E-state index in [9.17, 15) is 4.79 Å². The van der Waals surface area contributed by atoms with Crippen LogP contribution < -0.4 is 4.74 Å². The molecule has 2 unspecified atom stereocenters. The van der Waals surface area contributed by atoms with Gasteiger partial charge in [-0.1, -0.05) is 96.0 Å². The number of ether oxygens (including phenoxy) is 2. The van der Waals surface area contributed by atoms with E-state index in [-0.39, 0.29) is 11.9 Å². The Labute approximate surface area is 212 Å². The molecule has 0 fully saturated rings. The highest BCUT2D eigenvalue weighted by Gasteiger charge is 2.17. The molecule has 0 radical (unpaired) electrons. The second-order valence-corrected chi connectivity index (χ2v) is 9.13. The van der Waals surface area contributed by atoms with Gasteiger partial charge in [-0.25, -0.2) is 9.79 Å². The number of nitrogens with zero attached hydrogens (tertiary/aromatic N) is 1. The summed E-state index contributed by atoms with van der Waals surface area (Å²) in [6.45, 7) is 7.12. The van der Waals surface area contributed by atoms with Crippen LogP contribution in [-0.2, 0) is 9.53 Å². The fraction of sp³-hybridized carbons (Fsp3) is 0.484. The van der Waals surface area contributed by atoms with Crippen LogP contribution >= 0.6 is 0 Å². The van der Waals surface area contributed by atoms with Crippen LogP contribution in [0.15, 0.2) is 65.7 Å². The van der Waals surface area contributed by atoms with E-state index in [1.54, 1.807) is 12.3 Å². The summed E-state index contributed by atoms with van der Waals surface area (Å²) in [5, 5.41) is 0. The Morgan fingerprint density at radius 1 is 0.857 bits per heavy atom. The van der Waals surface area contributed by atoms with E-state index in [1.165, 1.54) is 51.0 Å². The first-order valence-corrected chi connectivity index (χ1v) is 13.3. The molecule has 0 N–H and O–H groups in total. The van der Waals surface area contributed by atoms with Crippen molar-refractivity contribution in [3.05, 3.63) is 71.8 Å². The summed E-state index contributed by atoms with van der Waals surface area (Å²) < 4.78 is 11.5. The van der Waals surface area contributed by atoms with Gasteiger partial charge in [0.2, 0.25) is 0 Å².